The Morgan fingerprint density at radius 2 is 1.47 bits per heavy atom. The smallest absolute Gasteiger partial charge is 0.159 e. The molecule has 0 spiro atoms. The maximum Gasteiger partial charge on any atom is 0.159 e. The van der Waals surface area contributed by atoms with Gasteiger partial charge in [-0.2, -0.15) is 0 Å². The number of carbonyl (C=O) groups is 1. The van der Waals surface area contributed by atoms with E-state index in [0.717, 1.165) is 13.0 Å². The van der Waals surface area contributed by atoms with E-state index < -0.39 is 6.10 Å². The molecule has 30 heavy (non-hydrogen) atoms. The molecule has 0 saturated heterocycles. The molecule has 0 aliphatic rings. The minimum absolute atomic E-state index is 0.0232. The molecule has 0 fully saturated rings. The molecule has 156 valence electrons. The third kappa shape index (κ3) is 6.55. The first kappa shape index (κ1) is 21.8. The van der Waals surface area contributed by atoms with Gasteiger partial charge in [-0.3, -0.25) is 4.79 Å². The monoisotopic (exact) mass is 403 g/mol. The average Bonchev–Trinajstić information content (AvgIpc) is 2.79. The standard InChI is InChI=1S/C26H29NO3/c1-20(28)21-12-14-25(15-13-21)30-19-24(29)18-27-17-16-26(22-8-4-2-5-9-22)23-10-6-3-7-11-23/h2-15,24,26-27,29H,16-19H2,1H3/t24-/m1/s1. The molecular formula is C26H29NO3. The number of ketones is 1. The van der Waals surface area contributed by atoms with Crippen LogP contribution in [0.4, 0.5) is 0 Å². The van der Waals surface area contributed by atoms with E-state index in [1.165, 1.54) is 18.1 Å². The second-order valence-electron chi connectivity index (χ2n) is 7.41. The third-order valence-corrected chi connectivity index (χ3v) is 5.10. The van der Waals surface area contributed by atoms with Crippen LogP contribution >= 0.6 is 0 Å². The lowest BCUT2D eigenvalue weighted by Crippen LogP contribution is -2.32. The van der Waals surface area contributed by atoms with E-state index in [-0.39, 0.29) is 12.4 Å². The molecule has 2 N–H and O–H groups in total. The van der Waals surface area contributed by atoms with Crippen LogP contribution in [0, 0.1) is 0 Å². The number of hydrogen-bond acceptors (Lipinski definition) is 4. The largest absolute Gasteiger partial charge is 0.491 e. The molecule has 0 unspecified atom stereocenters. The fourth-order valence-corrected chi connectivity index (χ4v) is 3.45. The van der Waals surface area contributed by atoms with Gasteiger partial charge in [-0.15, -0.1) is 0 Å². The molecule has 1 atom stereocenters. The zero-order valence-corrected chi connectivity index (χ0v) is 17.3. The Balaban J connectivity index is 1.44. The SMILES string of the molecule is CC(=O)c1ccc(OC[C@H](O)CNCCC(c2ccccc2)c2ccccc2)cc1. The van der Waals surface area contributed by atoms with Gasteiger partial charge in [-0.25, -0.2) is 0 Å². The van der Waals surface area contributed by atoms with Gasteiger partial charge in [0.2, 0.25) is 0 Å². The van der Waals surface area contributed by atoms with E-state index in [2.05, 4.69) is 53.8 Å². The van der Waals surface area contributed by atoms with E-state index in [0.29, 0.717) is 23.8 Å². The fourth-order valence-electron chi connectivity index (χ4n) is 3.45. The summed E-state index contributed by atoms with van der Waals surface area (Å²) in [6, 6.07) is 28.0. The summed E-state index contributed by atoms with van der Waals surface area (Å²) in [6.07, 6.45) is 0.332. The molecule has 3 aromatic carbocycles. The highest BCUT2D eigenvalue weighted by Crippen LogP contribution is 2.27. The van der Waals surface area contributed by atoms with Crippen molar-refractivity contribution in [1.29, 1.82) is 0 Å². The number of ether oxygens (including phenoxy) is 1. The molecule has 0 saturated carbocycles. The van der Waals surface area contributed by atoms with Crippen LogP contribution in [0.5, 0.6) is 5.75 Å². The van der Waals surface area contributed by atoms with Crippen molar-refractivity contribution in [2.45, 2.75) is 25.4 Å². The molecule has 0 heterocycles. The van der Waals surface area contributed by atoms with Crippen molar-refractivity contribution in [3.05, 3.63) is 102 Å². The van der Waals surface area contributed by atoms with E-state index in [4.69, 9.17) is 4.74 Å². The second-order valence-corrected chi connectivity index (χ2v) is 7.41. The summed E-state index contributed by atoms with van der Waals surface area (Å²) in [4.78, 5) is 11.3. The molecule has 0 radical (unpaired) electrons. The number of benzene rings is 3. The van der Waals surface area contributed by atoms with Gasteiger partial charge in [0.05, 0.1) is 0 Å². The number of nitrogens with one attached hydrogen (secondary N) is 1. The van der Waals surface area contributed by atoms with Gasteiger partial charge in [-0.05, 0) is 55.3 Å². The quantitative estimate of drug-likeness (QED) is 0.367. The van der Waals surface area contributed by atoms with Gasteiger partial charge < -0.3 is 15.2 Å². The number of carbonyl (C=O) groups excluding carboxylic acids is 1. The lowest BCUT2D eigenvalue weighted by atomic mass is 9.88. The van der Waals surface area contributed by atoms with E-state index >= 15 is 0 Å². The third-order valence-electron chi connectivity index (χ3n) is 5.10. The molecule has 4 nitrogen and oxygen atoms in total. The van der Waals surface area contributed by atoms with Crippen LogP contribution < -0.4 is 10.1 Å². The highest BCUT2D eigenvalue weighted by atomic mass is 16.5. The average molecular weight is 404 g/mol. The van der Waals surface area contributed by atoms with E-state index in [1.54, 1.807) is 24.3 Å². The summed E-state index contributed by atoms with van der Waals surface area (Å²) in [7, 11) is 0. The normalized spacial score (nSPS) is 12.0. The predicted octanol–water partition coefficient (Wildman–Crippen LogP) is 4.44. The van der Waals surface area contributed by atoms with Gasteiger partial charge in [0.1, 0.15) is 18.5 Å². The number of hydrogen-bond donors (Lipinski definition) is 2. The van der Waals surface area contributed by atoms with Crippen LogP contribution in [-0.2, 0) is 0 Å². The summed E-state index contributed by atoms with van der Waals surface area (Å²) in [5, 5.41) is 13.6. The maximum atomic E-state index is 11.3. The van der Waals surface area contributed by atoms with Crippen molar-refractivity contribution >= 4 is 5.78 Å². The lowest BCUT2D eigenvalue weighted by Gasteiger charge is -2.19. The van der Waals surface area contributed by atoms with Gasteiger partial charge in [-0.1, -0.05) is 60.7 Å². The number of aliphatic hydroxyl groups is 1. The summed E-state index contributed by atoms with van der Waals surface area (Å²) < 4.78 is 5.62. The van der Waals surface area contributed by atoms with Gasteiger partial charge in [0, 0.05) is 18.0 Å². The minimum atomic E-state index is -0.607. The van der Waals surface area contributed by atoms with Crippen molar-refractivity contribution in [3.63, 3.8) is 0 Å². The van der Waals surface area contributed by atoms with Gasteiger partial charge >= 0.3 is 0 Å². The molecule has 0 bridgehead atoms. The van der Waals surface area contributed by atoms with Crippen molar-refractivity contribution in [1.82, 2.24) is 5.32 Å². The van der Waals surface area contributed by atoms with Crippen LogP contribution in [0.1, 0.15) is 40.7 Å². The molecule has 0 aliphatic carbocycles. The fraction of sp³-hybridized carbons (Fsp3) is 0.269. The van der Waals surface area contributed by atoms with Crippen LogP contribution in [0.25, 0.3) is 0 Å². The van der Waals surface area contributed by atoms with Crippen LogP contribution in [-0.4, -0.2) is 36.7 Å². The van der Waals surface area contributed by atoms with Gasteiger partial charge in [0.15, 0.2) is 5.78 Å². The number of aliphatic hydroxyl groups excluding tert-OH is 1. The maximum absolute atomic E-state index is 11.3. The van der Waals surface area contributed by atoms with Crippen molar-refractivity contribution < 1.29 is 14.6 Å². The Hall–Kier alpha value is -2.95. The minimum Gasteiger partial charge on any atom is -0.491 e. The Kier molecular flexibility index (Phi) is 8.19. The molecular weight excluding hydrogens is 374 g/mol. The molecule has 0 aromatic heterocycles. The second kappa shape index (κ2) is 11.3. The highest BCUT2D eigenvalue weighted by molar-refractivity contribution is 5.94. The molecule has 0 amide bonds. The van der Waals surface area contributed by atoms with Crippen molar-refractivity contribution in [3.8, 4) is 5.75 Å². The molecule has 4 heteroatoms. The first-order valence-corrected chi connectivity index (χ1v) is 10.4. The lowest BCUT2D eigenvalue weighted by molar-refractivity contribution is 0.101. The number of Topliss-reactive ketones (excluding diaryl/α,β-unsaturated/α-hetero) is 1. The van der Waals surface area contributed by atoms with Crippen LogP contribution in [0.2, 0.25) is 0 Å². The topological polar surface area (TPSA) is 58.6 Å². The summed E-state index contributed by atoms with van der Waals surface area (Å²) in [5.74, 6) is 0.982. The molecule has 3 rings (SSSR count). The first-order chi connectivity index (χ1) is 14.6. The highest BCUT2D eigenvalue weighted by Gasteiger charge is 2.14. The Bertz CT molecular complexity index is 855. The predicted molar refractivity (Wildman–Crippen MR) is 120 cm³/mol. The molecule has 0 aliphatic heterocycles. The first-order valence-electron chi connectivity index (χ1n) is 10.4. The van der Waals surface area contributed by atoms with Crippen molar-refractivity contribution in [2.75, 3.05) is 19.7 Å². The van der Waals surface area contributed by atoms with Crippen molar-refractivity contribution in [2.24, 2.45) is 0 Å². The Morgan fingerprint density at radius 1 is 0.900 bits per heavy atom. The Morgan fingerprint density at radius 3 is 2.00 bits per heavy atom. The molecule has 3 aromatic rings. The van der Waals surface area contributed by atoms with Gasteiger partial charge in [0.25, 0.3) is 0 Å². The summed E-state index contributed by atoms with van der Waals surface area (Å²) >= 11 is 0. The summed E-state index contributed by atoms with van der Waals surface area (Å²) in [5.41, 5.74) is 3.24. The number of rotatable bonds is 11. The zero-order valence-electron chi connectivity index (χ0n) is 17.3. The Labute approximate surface area is 178 Å². The van der Waals surface area contributed by atoms with Crippen LogP contribution in [0.15, 0.2) is 84.9 Å². The summed E-state index contributed by atoms with van der Waals surface area (Å²) in [6.45, 7) is 2.99. The van der Waals surface area contributed by atoms with E-state index in [1.807, 2.05) is 12.1 Å². The van der Waals surface area contributed by atoms with Crippen LogP contribution in [0.3, 0.4) is 0 Å². The zero-order chi connectivity index (χ0) is 21.2. The van der Waals surface area contributed by atoms with E-state index in [9.17, 15) is 9.90 Å².